The van der Waals surface area contributed by atoms with Crippen LogP contribution in [0.3, 0.4) is 0 Å². The highest BCUT2D eigenvalue weighted by atomic mass is 32.1. The second-order valence-electron chi connectivity index (χ2n) is 10.4. The van der Waals surface area contributed by atoms with Crippen molar-refractivity contribution in [2.24, 2.45) is 0 Å². The number of thiol groups is 1. The highest BCUT2D eigenvalue weighted by Gasteiger charge is 2.17. The third-order valence-corrected chi connectivity index (χ3v) is 8.10. The molecule has 0 aliphatic heterocycles. The molecule has 0 fully saturated rings. The molecule has 0 saturated carbocycles. The van der Waals surface area contributed by atoms with Crippen LogP contribution < -0.4 is 0 Å². The van der Waals surface area contributed by atoms with E-state index in [4.69, 9.17) is 12.6 Å². The monoisotopic (exact) mass is 528 g/mol. The first kappa shape index (κ1) is 24.5. The first-order valence-electron chi connectivity index (χ1n) is 13.7. The highest BCUT2D eigenvalue weighted by molar-refractivity contribution is 7.80. The van der Waals surface area contributed by atoms with Crippen molar-refractivity contribution in [3.8, 4) is 44.5 Å². The van der Waals surface area contributed by atoms with Crippen molar-refractivity contribution in [3.05, 3.63) is 151 Å². The smallest absolute Gasteiger partial charge is 0.00465 e. The summed E-state index contributed by atoms with van der Waals surface area (Å²) < 4.78 is 0. The van der Waals surface area contributed by atoms with Crippen LogP contribution in [-0.4, -0.2) is 0 Å². The van der Waals surface area contributed by atoms with Crippen LogP contribution in [0, 0.1) is 6.92 Å². The first-order chi connectivity index (χ1) is 19.7. The Kier molecular flexibility index (Phi) is 6.23. The number of hydrogen-bond acceptors (Lipinski definition) is 1. The van der Waals surface area contributed by atoms with Crippen molar-refractivity contribution in [3.63, 3.8) is 0 Å². The van der Waals surface area contributed by atoms with Gasteiger partial charge in [-0.15, -0.1) is 12.6 Å². The van der Waals surface area contributed by atoms with E-state index in [9.17, 15) is 0 Å². The Bertz CT molecular complexity index is 1820. The summed E-state index contributed by atoms with van der Waals surface area (Å²) in [7, 11) is 0. The van der Waals surface area contributed by atoms with E-state index in [0.717, 1.165) is 4.90 Å². The van der Waals surface area contributed by atoms with Crippen LogP contribution in [0.4, 0.5) is 0 Å². The van der Waals surface area contributed by atoms with Crippen molar-refractivity contribution in [2.45, 2.75) is 11.8 Å². The van der Waals surface area contributed by atoms with Crippen molar-refractivity contribution in [1.29, 1.82) is 0 Å². The molecule has 0 aromatic heterocycles. The van der Waals surface area contributed by atoms with Gasteiger partial charge in [0.05, 0.1) is 0 Å². The molecule has 0 radical (unpaired) electrons. The lowest BCUT2D eigenvalue weighted by atomic mass is 9.85. The van der Waals surface area contributed by atoms with Gasteiger partial charge in [-0.1, -0.05) is 139 Å². The van der Waals surface area contributed by atoms with Crippen LogP contribution in [0.2, 0.25) is 0 Å². The van der Waals surface area contributed by atoms with Crippen molar-refractivity contribution >= 4 is 34.2 Å². The van der Waals surface area contributed by atoms with E-state index in [0.29, 0.717) is 0 Å². The van der Waals surface area contributed by atoms with Gasteiger partial charge < -0.3 is 0 Å². The quantitative estimate of drug-likeness (QED) is 0.170. The number of fused-ring (bicyclic) bond motifs is 2. The van der Waals surface area contributed by atoms with E-state index in [1.165, 1.54) is 71.6 Å². The third kappa shape index (κ3) is 4.39. The predicted octanol–water partition coefficient (Wildman–Crippen LogP) is 11.3. The fourth-order valence-electron chi connectivity index (χ4n) is 5.87. The molecule has 0 nitrogen and oxygen atoms in total. The standard InChI is InChI=1S/C39H28S/c1-26-12-22-34-36(24-26)38(31-17-13-29(14-18-31)27-8-4-2-5-9-27)35-23-21-33(40)25-37(35)39(34)32-19-15-30(16-20-32)28-10-6-3-7-11-28/h2-25,40H,1H3. The van der Waals surface area contributed by atoms with Crippen LogP contribution >= 0.6 is 12.6 Å². The lowest BCUT2D eigenvalue weighted by molar-refractivity contribution is 1.50. The second-order valence-corrected chi connectivity index (χ2v) is 10.9. The summed E-state index contributed by atoms with van der Waals surface area (Å²) in [6.45, 7) is 2.18. The van der Waals surface area contributed by atoms with E-state index >= 15 is 0 Å². The molecule has 7 rings (SSSR count). The molecule has 0 heterocycles. The van der Waals surface area contributed by atoms with Crippen LogP contribution in [0.5, 0.6) is 0 Å². The Morgan fingerprint density at radius 2 is 0.750 bits per heavy atom. The molecule has 0 bridgehead atoms. The summed E-state index contributed by atoms with van der Waals surface area (Å²) in [4.78, 5) is 0.964. The lowest BCUT2D eigenvalue weighted by Gasteiger charge is -2.19. The molecule has 0 N–H and O–H groups in total. The zero-order valence-electron chi connectivity index (χ0n) is 22.3. The zero-order valence-corrected chi connectivity index (χ0v) is 23.2. The SMILES string of the molecule is Cc1ccc2c(-c3ccc(-c4ccccc4)cc3)c3cc(S)ccc3c(-c3ccc(-c4ccccc4)cc3)c2c1. The molecule has 7 aromatic carbocycles. The van der Waals surface area contributed by atoms with Gasteiger partial charge in [-0.3, -0.25) is 0 Å². The summed E-state index contributed by atoms with van der Waals surface area (Å²) in [5.41, 5.74) is 11.1. The molecule has 0 aliphatic carbocycles. The van der Waals surface area contributed by atoms with Gasteiger partial charge in [0.25, 0.3) is 0 Å². The van der Waals surface area contributed by atoms with Gasteiger partial charge in [-0.2, -0.15) is 0 Å². The second kappa shape index (κ2) is 10.2. The van der Waals surface area contributed by atoms with Crippen LogP contribution in [0.1, 0.15) is 5.56 Å². The van der Waals surface area contributed by atoms with Crippen molar-refractivity contribution in [2.75, 3.05) is 0 Å². The predicted molar refractivity (Wildman–Crippen MR) is 175 cm³/mol. The number of aryl methyl sites for hydroxylation is 1. The maximum absolute atomic E-state index is 4.77. The number of rotatable bonds is 4. The van der Waals surface area contributed by atoms with Gasteiger partial charge in [0, 0.05) is 4.90 Å². The maximum atomic E-state index is 4.77. The highest BCUT2D eigenvalue weighted by Crippen LogP contribution is 2.45. The third-order valence-electron chi connectivity index (χ3n) is 7.82. The average molecular weight is 529 g/mol. The molecule has 0 amide bonds. The van der Waals surface area contributed by atoms with Crippen LogP contribution in [0.25, 0.3) is 66.1 Å². The minimum absolute atomic E-state index is 0.964. The summed E-state index contributed by atoms with van der Waals surface area (Å²) in [5.74, 6) is 0. The van der Waals surface area contributed by atoms with Crippen molar-refractivity contribution < 1.29 is 0 Å². The molecule has 0 aliphatic rings. The van der Waals surface area contributed by atoms with Gasteiger partial charge in [0.1, 0.15) is 0 Å². The van der Waals surface area contributed by atoms with E-state index in [-0.39, 0.29) is 0 Å². The van der Waals surface area contributed by atoms with Gasteiger partial charge in [-0.05, 0) is 85.1 Å². The zero-order chi connectivity index (χ0) is 27.1. The Hall–Kier alpha value is -4.59. The lowest BCUT2D eigenvalue weighted by Crippen LogP contribution is -1.92. The fourth-order valence-corrected chi connectivity index (χ4v) is 6.08. The Labute approximate surface area is 241 Å². The largest absolute Gasteiger partial charge is 0.143 e. The molecular weight excluding hydrogens is 500 g/mol. The van der Waals surface area contributed by atoms with Gasteiger partial charge in [0.15, 0.2) is 0 Å². The summed E-state index contributed by atoms with van der Waals surface area (Å²) in [5, 5.41) is 4.99. The summed E-state index contributed by atoms with van der Waals surface area (Å²) in [6, 6.07) is 52.5. The van der Waals surface area contributed by atoms with E-state index in [1.807, 2.05) is 0 Å². The molecule has 0 spiro atoms. The molecule has 40 heavy (non-hydrogen) atoms. The van der Waals surface area contributed by atoms with Gasteiger partial charge in [-0.25, -0.2) is 0 Å². The number of benzene rings is 7. The number of hydrogen-bond donors (Lipinski definition) is 1. The maximum Gasteiger partial charge on any atom is 0.00465 e. The minimum Gasteiger partial charge on any atom is -0.143 e. The molecule has 190 valence electrons. The van der Waals surface area contributed by atoms with Gasteiger partial charge in [0.2, 0.25) is 0 Å². The topological polar surface area (TPSA) is 0 Å². The van der Waals surface area contributed by atoms with Crippen LogP contribution in [-0.2, 0) is 0 Å². The van der Waals surface area contributed by atoms with E-state index < -0.39 is 0 Å². The molecule has 0 atom stereocenters. The summed E-state index contributed by atoms with van der Waals surface area (Å²) in [6.07, 6.45) is 0. The normalized spacial score (nSPS) is 11.2. The molecule has 7 aromatic rings. The molecule has 1 heteroatoms. The van der Waals surface area contributed by atoms with E-state index in [2.05, 4.69) is 153 Å². The Balaban J connectivity index is 1.47. The molecular formula is C39H28S. The Morgan fingerprint density at radius 3 is 1.25 bits per heavy atom. The Morgan fingerprint density at radius 1 is 0.350 bits per heavy atom. The average Bonchev–Trinajstić information content (AvgIpc) is 3.01. The van der Waals surface area contributed by atoms with Crippen LogP contribution in [0.15, 0.2) is 150 Å². The molecule has 0 saturated heterocycles. The minimum atomic E-state index is 0.964. The van der Waals surface area contributed by atoms with E-state index in [1.54, 1.807) is 0 Å². The van der Waals surface area contributed by atoms with Gasteiger partial charge >= 0.3 is 0 Å². The first-order valence-corrected chi connectivity index (χ1v) is 14.1. The summed E-state index contributed by atoms with van der Waals surface area (Å²) >= 11 is 4.77. The van der Waals surface area contributed by atoms with Crippen molar-refractivity contribution in [1.82, 2.24) is 0 Å². The fraction of sp³-hybridized carbons (Fsp3) is 0.0256. The molecule has 0 unspecified atom stereocenters.